The zero-order valence-electron chi connectivity index (χ0n) is 10.2. The van der Waals surface area contributed by atoms with Gasteiger partial charge in [0.2, 0.25) is 11.3 Å². The molecule has 1 aromatic carbocycles. The Balaban J connectivity index is 2.32. The number of rotatable bonds is 4. The van der Waals surface area contributed by atoms with E-state index in [1.165, 1.54) is 30.5 Å². The quantitative estimate of drug-likeness (QED) is 0.749. The van der Waals surface area contributed by atoms with E-state index in [1.807, 2.05) is 0 Å². The van der Waals surface area contributed by atoms with Gasteiger partial charge in [-0.3, -0.25) is 14.3 Å². The summed E-state index contributed by atoms with van der Waals surface area (Å²) in [6.07, 6.45) is 2.44. The molecule has 0 bridgehead atoms. The van der Waals surface area contributed by atoms with Crippen LogP contribution in [0.2, 0.25) is 0 Å². The lowest BCUT2D eigenvalue weighted by Gasteiger charge is -2.07. The van der Waals surface area contributed by atoms with E-state index >= 15 is 0 Å². The molecule has 2 aromatic rings. The Labute approximate surface area is 114 Å². The Morgan fingerprint density at radius 1 is 1.15 bits per heavy atom. The van der Waals surface area contributed by atoms with Crippen LogP contribution in [0.15, 0.2) is 52.4 Å². The van der Waals surface area contributed by atoms with E-state index in [0.29, 0.717) is 0 Å². The first kappa shape index (κ1) is 13.8. The minimum Gasteiger partial charge on any atom is -0.366 e. The van der Waals surface area contributed by atoms with Crippen LogP contribution in [0.3, 0.4) is 0 Å². The fourth-order valence-corrected chi connectivity index (χ4v) is 2.64. The van der Waals surface area contributed by atoms with E-state index in [0.717, 1.165) is 12.3 Å². The fourth-order valence-electron chi connectivity index (χ4n) is 1.52. The minimum atomic E-state index is -3.99. The van der Waals surface area contributed by atoms with Gasteiger partial charge in [-0.1, -0.05) is 0 Å². The molecule has 1 heterocycles. The van der Waals surface area contributed by atoms with Gasteiger partial charge in [-0.05, 0) is 24.3 Å². The van der Waals surface area contributed by atoms with Crippen LogP contribution in [0.25, 0.3) is 0 Å². The molecule has 0 atom stereocenters. The van der Waals surface area contributed by atoms with Crippen LogP contribution in [0.1, 0.15) is 10.4 Å². The highest BCUT2D eigenvalue weighted by Crippen LogP contribution is 2.13. The van der Waals surface area contributed by atoms with E-state index in [4.69, 9.17) is 5.73 Å². The fraction of sp³-hybridized carbons (Fsp3) is 0. The number of primary amides is 1. The Bertz CT molecular complexity index is 794. The average molecular weight is 293 g/mol. The molecule has 1 aromatic heterocycles. The van der Waals surface area contributed by atoms with Gasteiger partial charge in [-0.15, -0.1) is 0 Å². The zero-order chi connectivity index (χ0) is 14.8. The SMILES string of the molecule is NC(=O)c1ccc(NS(=O)(=O)c2c[nH]ccc2=O)cc1. The Hall–Kier alpha value is -2.61. The number of aromatic nitrogens is 1. The molecular weight excluding hydrogens is 282 g/mol. The first-order chi connectivity index (χ1) is 9.40. The van der Waals surface area contributed by atoms with Crippen LogP contribution >= 0.6 is 0 Å². The maximum Gasteiger partial charge on any atom is 0.267 e. The summed E-state index contributed by atoms with van der Waals surface area (Å²) in [7, 11) is -3.99. The number of carbonyl (C=O) groups is 1. The maximum absolute atomic E-state index is 12.0. The Kier molecular flexibility index (Phi) is 3.57. The number of nitrogens with two attached hydrogens (primary N) is 1. The largest absolute Gasteiger partial charge is 0.366 e. The number of nitrogens with one attached hydrogen (secondary N) is 2. The summed E-state index contributed by atoms with van der Waals surface area (Å²) >= 11 is 0. The van der Waals surface area contributed by atoms with Gasteiger partial charge in [0.15, 0.2) is 4.90 Å². The minimum absolute atomic E-state index is 0.221. The molecule has 0 aliphatic heterocycles. The van der Waals surface area contributed by atoms with Crippen molar-refractivity contribution in [1.29, 1.82) is 0 Å². The highest BCUT2D eigenvalue weighted by Gasteiger charge is 2.17. The number of hydrogen-bond donors (Lipinski definition) is 3. The third-order valence-corrected chi connectivity index (χ3v) is 3.90. The molecule has 0 saturated heterocycles. The number of aromatic amines is 1. The lowest BCUT2D eigenvalue weighted by Crippen LogP contribution is -2.21. The molecule has 4 N–H and O–H groups in total. The second-order valence-electron chi connectivity index (χ2n) is 3.92. The predicted octanol–water partition coefficient (Wildman–Crippen LogP) is 0.275. The van der Waals surface area contributed by atoms with Crippen LogP contribution in [0, 0.1) is 0 Å². The second kappa shape index (κ2) is 5.17. The molecule has 8 heteroatoms. The van der Waals surface area contributed by atoms with Crippen LogP contribution in [0.5, 0.6) is 0 Å². The summed E-state index contributed by atoms with van der Waals surface area (Å²) in [6.45, 7) is 0. The van der Waals surface area contributed by atoms with E-state index < -0.39 is 21.4 Å². The van der Waals surface area contributed by atoms with Crippen LogP contribution in [-0.2, 0) is 10.0 Å². The van der Waals surface area contributed by atoms with Gasteiger partial charge >= 0.3 is 0 Å². The molecule has 0 saturated carbocycles. The Morgan fingerprint density at radius 2 is 1.80 bits per heavy atom. The molecule has 1 amide bonds. The molecule has 0 spiro atoms. The van der Waals surface area contributed by atoms with E-state index in [9.17, 15) is 18.0 Å². The van der Waals surface area contributed by atoms with Crippen molar-refractivity contribution in [3.8, 4) is 0 Å². The van der Waals surface area contributed by atoms with Crippen molar-refractivity contribution < 1.29 is 13.2 Å². The predicted molar refractivity (Wildman–Crippen MR) is 72.8 cm³/mol. The van der Waals surface area contributed by atoms with Crippen LogP contribution in [-0.4, -0.2) is 19.3 Å². The van der Waals surface area contributed by atoms with E-state index in [1.54, 1.807) is 0 Å². The van der Waals surface area contributed by atoms with Gasteiger partial charge in [0.1, 0.15) is 0 Å². The van der Waals surface area contributed by atoms with Crippen molar-refractivity contribution in [1.82, 2.24) is 4.98 Å². The number of H-pyrrole nitrogens is 1. The highest BCUT2D eigenvalue weighted by molar-refractivity contribution is 7.92. The van der Waals surface area contributed by atoms with Crippen molar-refractivity contribution in [2.45, 2.75) is 4.90 Å². The molecule has 0 radical (unpaired) electrons. The molecule has 0 aliphatic carbocycles. The number of benzene rings is 1. The number of amides is 1. The maximum atomic E-state index is 12.0. The van der Waals surface area contributed by atoms with Gasteiger partial charge in [0, 0.05) is 29.7 Å². The highest BCUT2D eigenvalue weighted by atomic mass is 32.2. The van der Waals surface area contributed by atoms with Crippen molar-refractivity contribution in [3.05, 3.63) is 58.5 Å². The van der Waals surface area contributed by atoms with Crippen molar-refractivity contribution in [2.24, 2.45) is 5.73 Å². The second-order valence-corrected chi connectivity index (χ2v) is 5.57. The molecule has 0 fully saturated rings. The molecule has 20 heavy (non-hydrogen) atoms. The lowest BCUT2D eigenvalue weighted by atomic mass is 10.2. The number of hydrogen-bond acceptors (Lipinski definition) is 4. The third kappa shape index (κ3) is 2.86. The number of pyridine rings is 1. The number of carbonyl (C=O) groups excluding carboxylic acids is 1. The standard InChI is InChI=1S/C12H11N3O4S/c13-12(17)8-1-3-9(4-2-8)15-20(18,19)11-7-14-6-5-10(11)16/h1-7,15H,(H2,13,17)(H,14,16). The van der Waals surface area contributed by atoms with Gasteiger partial charge in [-0.25, -0.2) is 8.42 Å². The molecule has 104 valence electrons. The zero-order valence-corrected chi connectivity index (χ0v) is 11.0. The molecule has 0 aliphatic rings. The summed E-state index contributed by atoms with van der Waals surface area (Å²) in [5.41, 5.74) is 4.93. The lowest BCUT2D eigenvalue weighted by molar-refractivity contribution is 0.100. The summed E-state index contributed by atoms with van der Waals surface area (Å²) in [6, 6.07) is 6.65. The molecular formula is C12H11N3O4S. The number of sulfonamides is 1. The van der Waals surface area contributed by atoms with Gasteiger partial charge in [0.25, 0.3) is 10.0 Å². The average Bonchev–Trinajstić information content (AvgIpc) is 2.39. The molecule has 0 unspecified atom stereocenters. The Morgan fingerprint density at radius 3 is 2.35 bits per heavy atom. The monoisotopic (exact) mass is 293 g/mol. The van der Waals surface area contributed by atoms with E-state index in [2.05, 4.69) is 9.71 Å². The van der Waals surface area contributed by atoms with Crippen LogP contribution < -0.4 is 15.9 Å². The summed E-state index contributed by atoms with van der Waals surface area (Å²) < 4.78 is 26.3. The summed E-state index contributed by atoms with van der Waals surface area (Å²) in [4.78, 5) is 24.5. The third-order valence-electron chi connectivity index (χ3n) is 2.50. The van der Waals surface area contributed by atoms with Crippen molar-refractivity contribution in [2.75, 3.05) is 4.72 Å². The summed E-state index contributed by atoms with van der Waals surface area (Å²) in [5.74, 6) is -0.612. The number of anilines is 1. The first-order valence-electron chi connectivity index (χ1n) is 5.50. The first-order valence-corrected chi connectivity index (χ1v) is 6.98. The van der Waals surface area contributed by atoms with Gasteiger partial charge in [-0.2, -0.15) is 0 Å². The van der Waals surface area contributed by atoms with E-state index in [-0.39, 0.29) is 16.1 Å². The van der Waals surface area contributed by atoms with Crippen molar-refractivity contribution in [3.63, 3.8) is 0 Å². The summed E-state index contributed by atoms with van der Waals surface area (Å²) in [5, 5.41) is 0. The van der Waals surface area contributed by atoms with Gasteiger partial charge in [0.05, 0.1) is 0 Å². The van der Waals surface area contributed by atoms with Crippen LogP contribution in [0.4, 0.5) is 5.69 Å². The van der Waals surface area contributed by atoms with Crippen molar-refractivity contribution >= 4 is 21.6 Å². The van der Waals surface area contributed by atoms with Gasteiger partial charge < -0.3 is 10.7 Å². The topological polar surface area (TPSA) is 122 Å². The smallest absolute Gasteiger partial charge is 0.267 e. The normalized spacial score (nSPS) is 11.0. The molecule has 2 rings (SSSR count). The molecule has 7 nitrogen and oxygen atoms in total.